The van der Waals surface area contributed by atoms with Crippen molar-refractivity contribution in [1.82, 2.24) is 9.80 Å². The van der Waals surface area contributed by atoms with E-state index in [-0.39, 0.29) is 31.2 Å². The van der Waals surface area contributed by atoms with Crippen LogP contribution in [0.2, 0.25) is 0 Å². The molecule has 37 heavy (non-hydrogen) atoms. The summed E-state index contributed by atoms with van der Waals surface area (Å²) in [4.78, 5) is 31.9. The minimum Gasteiger partial charge on any atom is -0.491 e. The van der Waals surface area contributed by atoms with E-state index in [1.807, 2.05) is 35.2 Å². The Bertz CT molecular complexity index is 1230. The van der Waals surface area contributed by atoms with Crippen molar-refractivity contribution in [2.24, 2.45) is 0 Å². The van der Waals surface area contributed by atoms with Crippen LogP contribution in [0, 0.1) is 0 Å². The van der Waals surface area contributed by atoms with Gasteiger partial charge in [-0.1, -0.05) is 18.2 Å². The molecule has 0 aliphatic carbocycles. The summed E-state index contributed by atoms with van der Waals surface area (Å²) in [5.74, 6) is 1.57. The van der Waals surface area contributed by atoms with Crippen molar-refractivity contribution in [3.63, 3.8) is 0 Å². The molecule has 0 bridgehead atoms. The first kappa shape index (κ1) is 25.1. The van der Waals surface area contributed by atoms with E-state index in [9.17, 15) is 9.59 Å². The van der Waals surface area contributed by atoms with Gasteiger partial charge in [0.25, 0.3) is 5.91 Å². The van der Waals surface area contributed by atoms with Crippen LogP contribution < -0.4 is 14.2 Å². The number of rotatable bonds is 10. The Balaban J connectivity index is 1.33. The van der Waals surface area contributed by atoms with Crippen molar-refractivity contribution in [2.45, 2.75) is 18.9 Å². The summed E-state index contributed by atoms with van der Waals surface area (Å²) in [6.07, 6.45) is 1.41. The van der Waals surface area contributed by atoms with E-state index in [0.717, 1.165) is 17.7 Å². The number of thiophene rings is 1. The second-order valence-corrected chi connectivity index (χ2v) is 9.92. The summed E-state index contributed by atoms with van der Waals surface area (Å²) in [7, 11) is 1.62. The van der Waals surface area contributed by atoms with Crippen LogP contribution in [-0.2, 0) is 16.0 Å². The first-order chi connectivity index (χ1) is 18.1. The van der Waals surface area contributed by atoms with Crippen molar-refractivity contribution >= 4 is 23.2 Å². The number of amides is 2. The number of para-hydroxylation sites is 1. The van der Waals surface area contributed by atoms with Gasteiger partial charge in [0.15, 0.2) is 11.5 Å². The Morgan fingerprint density at radius 2 is 1.95 bits per heavy atom. The third-order valence-corrected chi connectivity index (χ3v) is 7.57. The van der Waals surface area contributed by atoms with E-state index in [1.165, 1.54) is 4.88 Å². The maximum Gasteiger partial charge on any atom is 0.254 e. The predicted octanol–water partition coefficient (Wildman–Crippen LogP) is 4.16. The third-order valence-electron chi connectivity index (χ3n) is 6.58. The quantitative estimate of drug-likeness (QED) is 0.372. The maximum absolute atomic E-state index is 13.7. The molecule has 3 aromatic rings. The topological polar surface area (TPSA) is 77.5 Å². The molecule has 0 saturated carbocycles. The molecule has 0 radical (unpaired) electrons. The largest absolute Gasteiger partial charge is 0.491 e. The van der Waals surface area contributed by atoms with Gasteiger partial charge >= 0.3 is 0 Å². The molecule has 3 heterocycles. The summed E-state index contributed by atoms with van der Waals surface area (Å²) >= 11 is 1.71. The van der Waals surface area contributed by atoms with Crippen LogP contribution in [0.3, 0.4) is 0 Å². The Hall–Kier alpha value is -3.56. The van der Waals surface area contributed by atoms with Crippen LogP contribution in [0.15, 0.2) is 60.0 Å². The number of fused-ring (bicyclic) bond motifs is 2. The Morgan fingerprint density at radius 1 is 1.11 bits per heavy atom. The van der Waals surface area contributed by atoms with Gasteiger partial charge in [0, 0.05) is 37.2 Å². The highest BCUT2D eigenvalue weighted by Crippen LogP contribution is 2.35. The monoisotopic (exact) mass is 522 g/mol. The Morgan fingerprint density at radius 3 is 2.78 bits per heavy atom. The van der Waals surface area contributed by atoms with Crippen molar-refractivity contribution in [2.75, 3.05) is 46.8 Å². The van der Waals surface area contributed by atoms with Crippen molar-refractivity contribution < 1.29 is 28.5 Å². The van der Waals surface area contributed by atoms with Crippen LogP contribution in [0.5, 0.6) is 17.2 Å². The van der Waals surface area contributed by atoms with E-state index >= 15 is 0 Å². The molecule has 0 saturated heterocycles. The van der Waals surface area contributed by atoms with E-state index in [2.05, 4.69) is 11.4 Å². The zero-order valence-electron chi connectivity index (χ0n) is 20.8. The highest BCUT2D eigenvalue weighted by Gasteiger charge is 2.34. The van der Waals surface area contributed by atoms with Crippen LogP contribution in [-0.4, -0.2) is 68.4 Å². The smallest absolute Gasteiger partial charge is 0.254 e. The highest BCUT2D eigenvalue weighted by atomic mass is 32.1. The normalized spacial score (nSPS) is 15.8. The van der Waals surface area contributed by atoms with Crippen LogP contribution >= 0.6 is 11.3 Å². The molecule has 2 aromatic carbocycles. The SMILES string of the molecule is COCCCN(CC(=O)N1CCc2sccc2[C@H]1COc1ccccc1)C(=O)c1ccc2c(c1)OCO2. The van der Waals surface area contributed by atoms with Crippen LogP contribution in [0.25, 0.3) is 0 Å². The number of benzene rings is 2. The van der Waals surface area contributed by atoms with E-state index in [1.54, 1.807) is 41.5 Å². The zero-order chi connectivity index (χ0) is 25.6. The molecule has 0 spiro atoms. The average molecular weight is 523 g/mol. The van der Waals surface area contributed by atoms with Gasteiger partial charge in [-0.2, -0.15) is 0 Å². The standard InChI is InChI=1S/C28H30N2O6S/c1-33-14-5-12-29(28(32)20-8-9-24-25(16-20)36-19-35-24)17-27(31)30-13-10-26-22(11-15-37-26)23(30)18-34-21-6-3-2-4-7-21/h2-4,6-9,11,15-16,23H,5,10,12-14,17-19H2,1H3/t23-/m1/s1. The molecule has 0 N–H and O–H groups in total. The maximum atomic E-state index is 13.7. The summed E-state index contributed by atoms with van der Waals surface area (Å²) in [5.41, 5.74) is 1.57. The number of hydrogen-bond acceptors (Lipinski definition) is 7. The minimum absolute atomic E-state index is 0.0295. The van der Waals surface area contributed by atoms with Gasteiger partial charge < -0.3 is 28.7 Å². The van der Waals surface area contributed by atoms with Gasteiger partial charge in [0.1, 0.15) is 18.9 Å². The molecule has 0 fully saturated rings. The lowest BCUT2D eigenvalue weighted by Crippen LogP contribution is -2.48. The third kappa shape index (κ3) is 5.73. The molecule has 2 aliphatic heterocycles. The van der Waals surface area contributed by atoms with Crippen molar-refractivity contribution in [3.8, 4) is 17.2 Å². The zero-order valence-corrected chi connectivity index (χ0v) is 21.6. The fourth-order valence-corrected chi connectivity index (χ4v) is 5.61. The number of methoxy groups -OCH3 is 1. The molecule has 1 atom stereocenters. The van der Waals surface area contributed by atoms with Crippen molar-refractivity contribution in [3.05, 3.63) is 76.0 Å². The lowest BCUT2D eigenvalue weighted by Gasteiger charge is -2.37. The first-order valence-corrected chi connectivity index (χ1v) is 13.2. The second kappa shape index (κ2) is 11.7. The summed E-state index contributed by atoms with van der Waals surface area (Å²) in [6, 6.07) is 16.6. The molecular formula is C28H30N2O6S. The van der Waals surface area contributed by atoms with Gasteiger partial charge in [-0.25, -0.2) is 0 Å². The van der Waals surface area contributed by atoms with Gasteiger partial charge in [-0.15, -0.1) is 11.3 Å². The number of ether oxygens (including phenoxy) is 4. The molecule has 194 valence electrons. The first-order valence-electron chi connectivity index (χ1n) is 12.4. The summed E-state index contributed by atoms with van der Waals surface area (Å²) in [6.45, 7) is 1.93. The Labute approximate surface area is 220 Å². The van der Waals surface area contributed by atoms with Crippen LogP contribution in [0.4, 0.5) is 0 Å². The lowest BCUT2D eigenvalue weighted by molar-refractivity contribution is -0.135. The second-order valence-electron chi connectivity index (χ2n) is 8.92. The van der Waals surface area contributed by atoms with Crippen LogP contribution in [0.1, 0.15) is 33.3 Å². The van der Waals surface area contributed by atoms with E-state index in [4.69, 9.17) is 18.9 Å². The number of hydrogen-bond donors (Lipinski definition) is 0. The van der Waals surface area contributed by atoms with Gasteiger partial charge in [0.05, 0.1) is 6.04 Å². The van der Waals surface area contributed by atoms with E-state index in [0.29, 0.717) is 49.8 Å². The Kier molecular flexibility index (Phi) is 7.91. The molecule has 2 amide bonds. The van der Waals surface area contributed by atoms with Gasteiger partial charge in [0.2, 0.25) is 12.7 Å². The van der Waals surface area contributed by atoms with Gasteiger partial charge in [-0.05, 0) is 60.2 Å². The number of carbonyl (C=O) groups is 2. The summed E-state index contributed by atoms with van der Waals surface area (Å²) < 4.78 is 22.1. The summed E-state index contributed by atoms with van der Waals surface area (Å²) in [5, 5.41) is 2.06. The number of nitrogens with zero attached hydrogens (tertiary/aromatic N) is 2. The van der Waals surface area contributed by atoms with Crippen molar-refractivity contribution in [1.29, 1.82) is 0 Å². The minimum atomic E-state index is -0.229. The lowest BCUT2D eigenvalue weighted by atomic mass is 10.0. The molecular weight excluding hydrogens is 492 g/mol. The van der Waals surface area contributed by atoms with E-state index < -0.39 is 0 Å². The molecule has 0 unspecified atom stereocenters. The fraction of sp³-hybridized carbons (Fsp3) is 0.357. The van der Waals surface area contributed by atoms with Gasteiger partial charge in [-0.3, -0.25) is 9.59 Å². The molecule has 8 nitrogen and oxygen atoms in total. The number of carbonyl (C=O) groups excluding carboxylic acids is 2. The molecule has 2 aliphatic rings. The molecule has 9 heteroatoms. The average Bonchev–Trinajstić information content (AvgIpc) is 3.60. The molecule has 1 aromatic heterocycles. The molecule has 5 rings (SSSR count). The fourth-order valence-electron chi connectivity index (χ4n) is 4.68. The predicted molar refractivity (Wildman–Crippen MR) is 139 cm³/mol. The highest BCUT2D eigenvalue weighted by molar-refractivity contribution is 7.10.